The molecule has 0 aliphatic carbocycles. The molecule has 7 heteroatoms. The van der Waals surface area contributed by atoms with Crippen LogP contribution in [0.5, 0.6) is 0 Å². The molecule has 0 radical (unpaired) electrons. The Labute approximate surface area is 240 Å². The van der Waals surface area contributed by atoms with Crippen molar-refractivity contribution >= 4 is 5.97 Å². The van der Waals surface area contributed by atoms with Gasteiger partial charge in [0.25, 0.3) is 0 Å². The van der Waals surface area contributed by atoms with Gasteiger partial charge in [0, 0.05) is 0 Å². The Hall–Kier alpha value is -3.85. The first-order valence-corrected chi connectivity index (χ1v) is 13.7. The molecule has 1 saturated heterocycles. The zero-order valence-corrected chi connectivity index (χ0v) is 22.7. The van der Waals surface area contributed by atoms with Gasteiger partial charge >= 0.3 is 5.97 Å². The largest absolute Gasteiger partial charge is 0.453 e. The van der Waals surface area contributed by atoms with Crippen LogP contribution in [0, 0.1) is 0 Å². The fourth-order valence-corrected chi connectivity index (χ4v) is 4.64. The Kier molecular flexibility index (Phi) is 10.3. The first kappa shape index (κ1) is 28.7. The second kappa shape index (κ2) is 14.7. The monoisotopic (exact) mass is 554 g/mol. The molecule has 5 rings (SSSR count). The van der Waals surface area contributed by atoms with Crippen LogP contribution in [0.3, 0.4) is 0 Å². The van der Waals surface area contributed by atoms with Gasteiger partial charge in [-0.3, -0.25) is 0 Å². The van der Waals surface area contributed by atoms with E-state index in [1.165, 1.54) is 0 Å². The summed E-state index contributed by atoms with van der Waals surface area (Å²) in [5.74, 6) is -0.572. The van der Waals surface area contributed by atoms with Crippen LogP contribution in [0.15, 0.2) is 121 Å². The van der Waals surface area contributed by atoms with Gasteiger partial charge in [-0.15, -0.1) is 0 Å². The van der Waals surface area contributed by atoms with Crippen molar-refractivity contribution in [2.45, 2.75) is 50.5 Å². The number of esters is 1. The Bertz CT molecular complexity index is 1320. The smallest absolute Gasteiger partial charge is 0.338 e. The first-order valence-electron chi connectivity index (χ1n) is 13.7. The van der Waals surface area contributed by atoms with E-state index in [0.717, 1.165) is 16.7 Å². The quantitative estimate of drug-likeness (QED) is 0.238. The molecule has 1 N–H and O–H groups in total. The van der Waals surface area contributed by atoms with Crippen molar-refractivity contribution in [3.8, 4) is 0 Å². The highest BCUT2D eigenvalue weighted by Crippen LogP contribution is 2.29. The maximum absolute atomic E-state index is 13.1. The maximum atomic E-state index is 13.1. The van der Waals surface area contributed by atoms with E-state index in [9.17, 15) is 9.90 Å². The normalized spacial score (nSPS) is 22.2. The zero-order chi connectivity index (χ0) is 28.3. The van der Waals surface area contributed by atoms with E-state index in [4.69, 9.17) is 23.7 Å². The van der Waals surface area contributed by atoms with Crippen molar-refractivity contribution in [3.05, 3.63) is 144 Å². The van der Waals surface area contributed by atoms with Gasteiger partial charge in [0.1, 0.15) is 18.3 Å². The second-order valence-corrected chi connectivity index (χ2v) is 9.83. The van der Waals surface area contributed by atoms with E-state index in [1.807, 2.05) is 97.1 Å². The van der Waals surface area contributed by atoms with Gasteiger partial charge in [-0.1, -0.05) is 109 Å². The van der Waals surface area contributed by atoms with E-state index in [-0.39, 0.29) is 19.8 Å². The number of carbonyl (C=O) groups excluding carboxylic acids is 1. The minimum absolute atomic E-state index is 0.0648. The molecule has 0 bridgehead atoms. The van der Waals surface area contributed by atoms with Crippen molar-refractivity contribution in [2.24, 2.45) is 0 Å². The lowest BCUT2D eigenvalue weighted by atomic mass is 9.98. The summed E-state index contributed by atoms with van der Waals surface area (Å²) < 4.78 is 30.6. The molecule has 3 unspecified atom stereocenters. The van der Waals surface area contributed by atoms with Crippen LogP contribution in [-0.2, 0) is 43.5 Å². The van der Waals surface area contributed by atoms with E-state index in [2.05, 4.69) is 0 Å². The standard InChI is InChI=1S/C34H34O7/c35-30-31(41-33(36)28-19-11-4-12-20-28)29(24-37-21-25-13-5-1-6-14-25)40-34(39-23-27-17-9-3-10-18-27)32(30)38-22-26-15-7-2-8-16-26/h1-20,29-32,34-35H,21-24H2/t29?,30?,31-,32?,34+/m0/s1. The Morgan fingerprint density at radius 1 is 0.634 bits per heavy atom. The average molecular weight is 555 g/mol. The molecule has 1 aliphatic heterocycles. The van der Waals surface area contributed by atoms with E-state index < -0.39 is 36.7 Å². The summed E-state index contributed by atoms with van der Waals surface area (Å²) in [6.45, 7) is 0.857. The molecule has 7 nitrogen and oxygen atoms in total. The number of benzene rings is 4. The molecule has 4 aromatic carbocycles. The van der Waals surface area contributed by atoms with E-state index in [1.54, 1.807) is 24.3 Å². The molecule has 0 saturated carbocycles. The van der Waals surface area contributed by atoms with E-state index in [0.29, 0.717) is 12.2 Å². The number of hydrogen-bond donors (Lipinski definition) is 1. The van der Waals surface area contributed by atoms with Gasteiger partial charge in [-0.05, 0) is 28.8 Å². The summed E-state index contributed by atoms with van der Waals surface area (Å²) in [6, 6.07) is 37.7. The molecule has 0 spiro atoms. The van der Waals surface area contributed by atoms with E-state index >= 15 is 0 Å². The summed E-state index contributed by atoms with van der Waals surface area (Å²) >= 11 is 0. The van der Waals surface area contributed by atoms with Crippen molar-refractivity contribution in [2.75, 3.05) is 6.61 Å². The van der Waals surface area contributed by atoms with Crippen molar-refractivity contribution in [1.82, 2.24) is 0 Å². The molecule has 1 aliphatic rings. The highest BCUT2D eigenvalue weighted by atomic mass is 16.7. The molecule has 1 heterocycles. The molecular weight excluding hydrogens is 520 g/mol. The van der Waals surface area contributed by atoms with Crippen molar-refractivity contribution in [3.63, 3.8) is 0 Å². The van der Waals surface area contributed by atoms with Crippen LogP contribution < -0.4 is 0 Å². The molecule has 5 atom stereocenters. The van der Waals surface area contributed by atoms with Crippen LogP contribution in [-0.4, -0.2) is 48.4 Å². The predicted molar refractivity (Wildman–Crippen MR) is 153 cm³/mol. The average Bonchev–Trinajstić information content (AvgIpc) is 3.03. The van der Waals surface area contributed by atoms with Gasteiger partial charge in [0.15, 0.2) is 12.4 Å². The lowest BCUT2D eigenvalue weighted by Crippen LogP contribution is -2.61. The topological polar surface area (TPSA) is 83.5 Å². The minimum Gasteiger partial charge on any atom is -0.453 e. The number of ether oxygens (including phenoxy) is 5. The summed E-state index contributed by atoms with van der Waals surface area (Å²) in [5, 5.41) is 11.6. The highest BCUT2D eigenvalue weighted by Gasteiger charge is 2.49. The SMILES string of the molecule is O=C(O[C@H]1C(COCc2ccccc2)O[C@@H](OCc2ccccc2)C(OCc2ccccc2)C1O)c1ccccc1. The minimum atomic E-state index is -1.24. The van der Waals surface area contributed by atoms with Gasteiger partial charge in [0.05, 0.1) is 32.0 Å². The van der Waals surface area contributed by atoms with Crippen molar-refractivity contribution < 1.29 is 33.6 Å². The molecule has 212 valence electrons. The number of carbonyl (C=O) groups is 1. The molecule has 1 fully saturated rings. The fourth-order valence-electron chi connectivity index (χ4n) is 4.64. The summed E-state index contributed by atoms with van der Waals surface area (Å²) in [5.41, 5.74) is 3.23. The molecule has 0 amide bonds. The zero-order valence-electron chi connectivity index (χ0n) is 22.7. The molecular formula is C34H34O7. The van der Waals surface area contributed by atoms with Crippen LogP contribution in [0.4, 0.5) is 0 Å². The fraction of sp³-hybridized carbons (Fsp3) is 0.265. The third kappa shape index (κ3) is 8.10. The highest BCUT2D eigenvalue weighted by molar-refractivity contribution is 5.89. The number of rotatable bonds is 12. The molecule has 0 aromatic heterocycles. The van der Waals surface area contributed by atoms with Crippen LogP contribution >= 0.6 is 0 Å². The summed E-state index contributed by atoms with van der Waals surface area (Å²) in [7, 11) is 0. The maximum Gasteiger partial charge on any atom is 0.338 e. The second-order valence-electron chi connectivity index (χ2n) is 9.83. The van der Waals surface area contributed by atoms with Gasteiger partial charge in [-0.25, -0.2) is 4.79 Å². The lowest BCUT2D eigenvalue weighted by molar-refractivity contribution is -0.315. The molecule has 41 heavy (non-hydrogen) atoms. The van der Waals surface area contributed by atoms with Gasteiger partial charge < -0.3 is 28.8 Å². The van der Waals surface area contributed by atoms with Gasteiger partial charge in [0.2, 0.25) is 0 Å². The predicted octanol–water partition coefficient (Wildman–Crippen LogP) is 5.32. The number of aliphatic hydroxyl groups excluding tert-OH is 1. The van der Waals surface area contributed by atoms with Crippen LogP contribution in [0.25, 0.3) is 0 Å². The Balaban J connectivity index is 1.36. The van der Waals surface area contributed by atoms with Crippen LogP contribution in [0.2, 0.25) is 0 Å². The Morgan fingerprint density at radius 2 is 1.12 bits per heavy atom. The Morgan fingerprint density at radius 3 is 1.68 bits per heavy atom. The lowest BCUT2D eigenvalue weighted by Gasteiger charge is -2.43. The number of aliphatic hydroxyl groups is 1. The first-order chi connectivity index (χ1) is 20.2. The van der Waals surface area contributed by atoms with Gasteiger partial charge in [-0.2, -0.15) is 0 Å². The summed E-state index contributed by atoms with van der Waals surface area (Å²) in [6.07, 6.45) is -4.98. The third-order valence-electron chi connectivity index (χ3n) is 6.81. The molecule has 4 aromatic rings. The summed E-state index contributed by atoms with van der Waals surface area (Å²) in [4.78, 5) is 13.1. The van der Waals surface area contributed by atoms with Crippen molar-refractivity contribution in [1.29, 1.82) is 0 Å². The van der Waals surface area contributed by atoms with Crippen LogP contribution in [0.1, 0.15) is 27.0 Å². The third-order valence-corrected chi connectivity index (χ3v) is 6.81. The number of hydrogen-bond acceptors (Lipinski definition) is 7.